The van der Waals surface area contributed by atoms with Gasteiger partial charge in [0.05, 0.1) is 11.0 Å². The zero-order chi connectivity index (χ0) is 15.8. The number of pyridine rings is 1. The molecule has 5 nitrogen and oxygen atoms in total. The van der Waals surface area contributed by atoms with Crippen molar-refractivity contribution < 1.29 is 5.11 Å². The van der Waals surface area contributed by atoms with Crippen molar-refractivity contribution in [2.24, 2.45) is 10.2 Å². The third-order valence-electron chi connectivity index (χ3n) is 3.58. The minimum absolute atomic E-state index is 0.00459. The zero-order valence-corrected chi connectivity index (χ0v) is 13.4. The van der Waals surface area contributed by atoms with E-state index in [0.29, 0.717) is 11.4 Å². The van der Waals surface area contributed by atoms with Gasteiger partial charge in [0.2, 0.25) is 5.88 Å². The van der Waals surface area contributed by atoms with Crippen LogP contribution in [0.5, 0.6) is 5.88 Å². The fourth-order valence-electron chi connectivity index (χ4n) is 2.51. The number of halogens is 1. The van der Waals surface area contributed by atoms with Crippen LogP contribution in [0.3, 0.4) is 0 Å². The van der Waals surface area contributed by atoms with Gasteiger partial charge in [0.25, 0.3) is 0 Å². The van der Waals surface area contributed by atoms with Crippen molar-refractivity contribution in [2.45, 2.75) is 0 Å². The zero-order valence-electron chi connectivity index (χ0n) is 11.9. The molecule has 0 unspecified atom stereocenters. The minimum Gasteiger partial charge on any atom is -0.493 e. The van der Waals surface area contributed by atoms with E-state index in [0.717, 1.165) is 26.3 Å². The molecule has 0 bridgehead atoms. The Labute approximate surface area is 139 Å². The lowest BCUT2D eigenvalue weighted by Gasteiger charge is -1.99. The predicted molar refractivity (Wildman–Crippen MR) is 93.6 cm³/mol. The molecule has 0 fully saturated rings. The van der Waals surface area contributed by atoms with Crippen molar-refractivity contribution in [3.8, 4) is 5.88 Å². The summed E-state index contributed by atoms with van der Waals surface area (Å²) >= 11 is 3.43. The molecule has 2 aromatic carbocycles. The first-order chi connectivity index (χ1) is 11.2. The second kappa shape index (κ2) is 5.48. The van der Waals surface area contributed by atoms with E-state index in [9.17, 15) is 5.11 Å². The highest BCUT2D eigenvalue weighted by Gasteiger charge is 2.11. The molecular formula is C17H11BrN4O. The first kappa shape index (κ1) is 13.9. The third kappa shape index (κ3) is 2.47. The lowest BCUT2D eigenvalue weighted by Crippen LogP contribution is -1.77. The van der Waals surface area contributed by atoms with E-state index in [1.807, 2.05) is 48.5 Å². The van der Waals surface area contributed by atoms with Crippen molar-refractivity contribution in [3.63, 3.8) is 0 Å². The van der Waals surface area contributed by atoms with Gasteiger partial charge < -0.3 is 10.1 Å². The molecule has 0 aliphatic rings. The maximum Gasteiger partial charge on any atom is 0.218 e. The number of nitrogens with one attached hydrogen (secondary N) is 1. The topological polar surface area (TPSA) is 73.6 Å². The van der Waals surface area contributed by atoms with Gasteiger partial charge in [0.1, 0.15) is 5.69 Å². The smallest absolute Gasteiger partial charge is 0.218 e. The molecule has 0 atom stereocenters. The summed E-state index contributed by atoms with van der Waals surface area (Å²) in [7, 11) is 0. The number of hydrogen-bond donors (Lipinski definition) is 2. The summed E-state index contributed by atoms with van der Waals surface area (Å²) in [6.07, 6.45) is 1.72. The molecule has 23 heavy (non-hydrogen) atoms. The van der Waals surface area contributed by atoms with E-state index in [2.05, 4.69) is 36.1 Å². The molecule has 0 aliphatic heterocycles. The van der Waals surface area contributed by atoms with Crippen molar-refractivity contribution >= 4 is 49.1 Å². The lowest BCUT2D eigenvalue weighted by atomic mass is 10.2. The van der Waals surface area contributed by atoms with E-state index < -0.39 is 0 Å². The van der Waals surface area contributed by atoms with Crippen LogP contribution < -0.4 is 0 Å². The Bertz CT molecular complexity index is 1050. The van der Waals surface area contributed by atoms with Crippen LogP contribution in [0, 0.1) is 0 Å². The number of aromatic hydroxyl groups is 1. The number of hydrogen-bond acceptors (Lipinski definition) is 4. The highest BCUT2D eigenvalue weighted by Crippen LogP contribution is 2.38. The Morgan fingerprint density at radius 2 is 1.91 bits per heavy atom. The molecule has 0 amide bonds. The molecule has 0 aliphatic carbocycles. The molecule has 0 spiro atoms. The molecule has 2 N–H and O–H groups in total. The van der Waals surface area contributed by atoms with Gasteiger partial charge in [-0.15, -0.1) is 10.2 Å². The summed E-state index contributed by atoms with van der Waals surface area (Å²) in [4.78, 5) is 7.24. The van der Waals surface area contributed by atoms with Gasteiger partial charge in [-0.3, -0.25) is 4.98 Å². The van der Waals surface area contributed by atoms with Gasteiger partial charge in [-0.05, 0) is 30.3 Å². The summed E-state index contributed by atoms with van der Waals surface area (Å²) in [6, 6.07) is 15.2. The Kier molecular flexibility index (Phi) is 3.31. The lowest BCUT2D eigenvalue weighted by molar-refractivity contribution is 0.459. The number of rotatable bonds is 2. The number of H-pyrrole nitrogens is 1. The Hall–Kier alpha value is -2.73. The second-order valence-electron chi connectivity index (χ2n) is 5.06. The molecule has 0 radical (unpaired) electrons. The van der Waals surface area contributed by atoms with Crippen LogP contribution >= 0.6 is 15.9 Å². The fraction of sp³-hybridized carbons (Fsp3) is 0. The quantitative estimate of drug-likeness (QED) is 0.453. The van der Waals surface area contributed by atoms with E-state index in [1.165, 1.54) is 0 Å². The Balaban J connectivity index is 1.85. The van der Waals surface area contributed by atoms with Crippen LogP contribution in [0.2, 0.25) is 0 Å². The average Bonchev–Trinajstić information content (AvgIpc) is 2.87. The fourth-order valence-corrected chi connectivity index (χ4v) is 2.87. The molecule has 2 aromatic heterocycles. The van der Waals surface area contributed by atoms with Crippen molar-refractivity contribution in [1.29, 1.82) is 0 Å². The highest BCUT2D eigenvalue weighted by atomic mass is 79.9. The molecule has 2 heterocycles. The van der Waals surface area contributed by atoms with Crippen molar-refractivity contribution in [1.82, 2.24) is 9.97 Å². The van der Waals surface area contributed by atoms with Crippen LogP contribution in [0.15, 0.2) is 69.4 Å². The van der Waals surface area contributed by atoms with Gasteiger partial charge in [0.15, 0.2) is 5.69 Å². The van der Waals surface area contributed by atoms with Crippen LogP contribution in [0.1, 0.15) is 0 Å². The van der Waals surface area contributed by atoms with Gasteiger partial charge in [-0.2, -0.15) is 0 Å². The standard InChI is InChI=1S/C17H11BrN4O/c18-11-6-7-13-12(9-11)16(17(23)20-13)22-21-14-5-1-3-10-4-2-8-19-15(10)14/h1-9,20,23H. The molecule has 112 valence electrons. The second-order valence-corrected chi connectivity index (χ2v) is 5.98. The summed E-state index contributed by atoms with van der Waals surface area (Å²) in [5, 5.41) is 20.4. The van der Waals surface area contributed by atoms with Crippen LogP contribution in [-0.2, 0) is 0 Å². The largest absolute Gasteiger partial charge is 0.493 e. The minimum atomic E-state index is -0.00459. The number of benzene rings is 2. The number of aromatic amines is 1. The Morgan fingerprint density at radius 3 is 2.83 bits per heavy atom. The van der Waals surface area contributed by atoms with E-state index in [4.69, 9.17) is 0 Å². The maximum absolute atomic E-state index is 10.1. The van der Waals surface area contributed by atoms with Crippen LogP contribution in [0.4, 0.5) is 11.4 Å². The van der Waals surface area contributed by atoms with Gasteiger partial charge in [0, 0.05) is 21.4 Å². The first-order valence-corrected chi connectivity index (χ1v) is 7.77. The molecule has 4 rings (SSSR count). The number of aromatic nitrogens is 2. The van der Waals surface area contributed by atoms with Crippen LogP contribution in [0.25, 0.3) is 21.8 Å². The Morgan fingerprint density at radius 1 is 1.04 bits per heavy atom. The van der Waals surface area contributed by atoms with Crippen LogP contribution in [-0.4, -0.2) is 15.1 Å². The van der Waals surface area contributed by atoms with E-state index >= 15 is 0 Å². The van der Waals surface area contributed by atoms with Crippen molar-refractivity contribution in [3.05, 3.63) is 59.2 Å². The molecule has 0 saturated heterocycles. The van der Waals surface area contributed by atoms with Gasteiger partial charge in [-0.1, -0.05) is 34.1 Å². The van der Waals surface area contributed by atoms with Crippen molar-refractivity contribution in [2.75, 3.05) is 0 Å². The summed E-state index contributed by atoms with van der Waals surface area (Å²) in [5.74, 6) is -0.00459. The molecule has 0 saturated carbocycles. The summed E-state index contributed by atoms with van der Waals surface area (Å²) in [5.41, 5.74) is 2.65. The predicted octanol–water partition coefficient (Wildman–Crippen LogP) is 5.60. The highest BCUT2D eigenvalue weighted by molar-refractivity contribution is 9.10. The van der Waals surface area contributed by atoms with Gasteiger partial charge >= 0.3 is 0 Å². The average molecular weight is 367 g/mol. The molecule has 6 heteroatoms. The van der Waals surface area contributed by atoms with Gasteiger partial charge in [-0.25, -0.2) is 0 Å². The number of para-hydroxylation sites is 1. The van der Waals surface area contributed by atoms with E-state index in [1.54, 1.807) is 6.20 Å². The maximum atomic E-state index is 10.1. The van der Waals surface area contributed by atoms with E-state index in [-0.39, 0.29) is 5.88 Å². The normalized spacial score (nSPS) is 11.7. The number of nitrogens with zero attached hydrogens (tertiary/aromatic N) is 3. The third-order valence-corrected chi connectivity index (χ3v) is 4.08. The molecular weight excluding hydrogens is 356 g/mol. The summed E-state index contributed by atoms with van der Waals surface area (Å²) < 4.78 is 0.910. The first-order valence-electron chi connectivity index (χ1n) is 6.98. The molecule has 4 aromatic rings. The number of azo groups is 1. The monoisotopic (exact) mass is 366 g/mol. The summed E-state index contributed by atoms with van der Waals surface area (Å²) in [6.45, 7) is 0. The number of fused-ring (bicyclic) bond motifs is 2. The SMILES string of the molecule is Oc1[nH]c2ccc(Br)cc2c1N=Nc1cccc2cccnc12.